The Bertz CT molecular complexity index is 819. The Hall–Kier alpha value is -2.57. The number of carbonyl (C=O) groups is 2. The van der Waals surface area contributed by atoms with Crippen molar-refractivity contribution < 1.29 is 14.4 Å². The standard InChI is InChI=1S/C21H23N3O3/c25-20-4-1-5-21(26)24(20)27-15-17-8-6-16(7-9-17)13-23-12-10-19-18(14-23)3-2-11-22-19/h2-3,6-9,11H,1,4-5,10,12-15H2. The lowest BCUT2D eigenvalue weighted by molar-refractivity contribution is -0.202. The smallest absolute Gasteiger partial charge is 0.253 e. The Labute approximate surface area is 158 Å². The average Bonchev–Trinajstić information content (AvgIpc) is 2.69. The molecule has 1 fully saturated rings. The van der Waals surface area contributed by atoms with Crippen molar-refractivity contribution in [2.75, 3.05) is 6.54 Å². The molecule has 1 aromatic carbocycles. The van der Waals surface area contributed by atoms with Crippen LogP contribution in [0.2, 0.25) is 0 Å². The minimum absolute atomic E-state index is 0.223. The molecule has 1 saturated heterocycles. The molecule has 4 rings (SSSR count). The van der Waals surface area contributed by atoms with E-state index in [0.29, 0.717) is 19.3 Å². The Morgan fingerprint density at radius 1 is 0.963 bits per heavy atom. The summed E-state index contributed by atoms with van der Waals surface area (Å²) in [6.07, 6.45) is 4.21. The highest BCUT2D eigenvalue weighted by molar-refractivity contribution is 5.96. The first kappa shape index (κ1) is 17.8. The van der Waals surface area contributed by atoms with E-state index >= 15 is 0 Å². The fraction of sp³-hybridized carbons (Fsp3) is 0.381. The number of aromatic nitrogens is 1. The van der Waals surface area contributed by atoms with E-state index < -0.39 is 0 Å². The zero-order chi connectivity index (χ0) is 18.6. The van der Waals surface area contributed by atoms with Gasteiger partial charge >= 0.3 is 0 Å². The summed E-state index contributed by atoms with van der Waals surface area (Å²) in [4.78, 5) is 35.8. The van der Waals surface area contributed by atoms with Crippen molar-refractivity contribution in [3.05, 3.63) is 65.0 Å². The van der Waals surface area contributed by atoms with E-state index in [1.54, 1.807) is 0 Å². The van der Waals surface area contributed by atoms with E-state index in [0.717, 1.165) is 36.7 Å². The topological polar surface area (TPSA) is 62.7 Å². The minimum atomic E-state index is -0.247. The number of piperidine rings is 1. The Morgan fingerprint density at radius 2 is 1.70 bits per heavy atom. The molecular weight excluding hydrogens is 342 g/mol. The van der Waals surface area contributed by atoms with Gasteiger partial charge in [0.05, 0.1) is 0 Å². The average molecular weight is 365 g/mol. The minimum Gasteiger partial charge on any atom is -0.294 e. The highest BCUT2D eigenvalue weighted by Gasteiger charge is 2.27. The Kier molecular flexibility index (Phi) is 5.27. The maximum absolute atomic E-state index is 11.8. The maximum atomic E-state index is 11.8. The maximum Gasteiger partial charge on any atom is 0.253 e. The van der Waals surface area contributed by atoms with Crippen LogP contribution in [0.1, 0.15) is 41.6 Å². The molecule has 0 unspecified atom stereocenters. The first-order valence-corrected chi connectivity index (χ1v) is 9.41. The number of carbonyl (C=O) groups excluding carboxylic acids is 2. The molecule has 1 aromatic heterocycles. The third kappa shape index (κ3) is 4.23. The second-order valence-electron chi connectivity index (χ2n) is 7.10. The van der Waals surface area contributed by atoms with Crippen LogP contribution in [0.15, 0.2) is 42.6 Å². The van der Waals surface area contributed by atoms with Gasteiger partial charge < -0.3 is 0 Å². The van der Waals surface area contributed by atoms with E-state index in [-0.39, 0.29) is 18.4 Å². The second-order valence-corrected chi connectivity index (χ2v) is 7.10. The molecule has 6 heteroatoms. The third-order valence-corrected chi connectivity index (χ3v) is 5.07. The molecule has 6 nitrogen and oxygen atoms in total. The molecule has 2 aliphatic rings. The van der Waals surface area contributed by atoms with Crippen molar-refractivity contribution in [3.8, 4) is 0 Å². The molecule has 2 aliphatic heterocycles. The molecule has 2 aromatic rings. The van der Waals surface area contributed by atoms with Gasteiger partial charge in [-0.2, -0.15) is 5.06 Å². The molecular formula is C21H23N3O3. The largest absolute Gasteiger partial charge is 0.294 e. The van der Waals surface area contributed by atoms with Crippen LogP contribution in [-0.2, 0) is 40.5 Å². The molecule has 0 aliphatic carbocycles. The first-order chi connectivity index (χ1) is 13.2. The van der Waals surface area contributed by atoms with Gasteiger partial charge in [-0.1, -0.05) is 30.3 Å². The van der Waals surface area contributed by atoms with Crippen molar-refractivity contribution >= 4 is 11.8 Å². The van der Waals surface area contributed by atoms with Gasteiger partial charge in [0.15, 0.2) is 0 Å². The number of amides is 2. The molecule has 140 valence electrons. The van der Waals surface area contributed by atoms with E-state index in [9.17, 15) is 9.59 Å². The van der Waals surface area contributed by atoms with Crippen molar-refractivity contribution in [2.24, 2.45) is 0 Å². The lowest BCUT2D eigenvalue weighted by atomic mass is 10.0. The van der Waals surface area contributed by atoms with Gasteiger partial charge in [0.25, 0.3) is 11.8 Å². The van der Waals surface area contributed by atoms with Gasteiger partial charge in [0.1, 0.15) is 6.61 Å². The van der Waals surface area contributed by atoms with Gasteiger partial charge in [-0.3, -0.25) is 24.3 Å². The van der Waals surface area contributed by atoms with Crippen LogP contribution >= 0.6 is 0 Å². The number of benzene rings is 1. The number of pyridine rings is 1. The van der Waals surface area contributed by atoms with Crippen molar-refractivity contribution in [1.29, 1.82) is 0 Å². The summed E-state index contributed by atoms with van der Waals surface area (Å²) in [5.41, 5.74) is 4.70. The molecule has 0 N–H and O–H groups in total. The van der Waals surface area contributed by atoms with Crippen LogP contribution in [0.3, 0.4) is 0 Å². The summed E-state index contributed by atoms with van der Waals surface area (Å²) in [6, 6.07) is 12.3. The third-order valence-electron chi connectivity index (χ3n) is 5.07. The van der Waals surface area contributed by atoms with E-state index in [1.165, 1.54) is 16.8 Å². The number of nitrogens with zero attached hydrogens (tertiary/aromatic N) is 3. The highest BCUT2D eigenvalue weighted by atomic mass is 16.7. The zero-order valence-electron chi connectivity index (χ0n) is 15.3. The molecule has 3 heterocycles. The quantitative estimate of drug-likeness (QED) is 0.762. The van der Waals surface area contributed by atoms with Gasteiger partial charge in [-0.15, -0.1) is 0 Å². The van der Waals surface area contributed by atoms with Crippen LogP contribution in [0.25, 0.3) is 0 Å². The molecule has 0 saturated carbocycles. The number of fused-ring (bicyclic) bond motifs is 1. The second kappa shape index (κ2) is 7.98. The number of hydrogen-bond donors (Lipinski definition) is 0. The van der Waals surface area contributed by atoms with Crippen LogP contribution in [0.5, 0.6) is 0 Å². The van der Waals surface area contributed by atoms with E-state index in [1.807, 2.05) is 24.4 Å². The summed E-state index contributed by atoms with van der Waals surface area (Å²) in [7, 11) is 0. The molecule has 27 heavy (non-hydrogen) atoms. The van der Waals surface area contributed by atoms with Crippen LogP contribution in [0, 0.1) is 0 Å². The fourth-order valence-electron chi connectivity index (χ4n) is 3.57. The monoisotopic (exact) mass is 365 g/mol. The summed E-state index contributed by atoms with van der Waals surface area (Å²) in [5.74, 6) is -0.495. The van der Waals surface area contributed by atoms with Crippen molar-refractivity contribution in [2.45, 2.75) is 45.4 Å². The highest BCUT2D eigenvalue weighted by Crippen LogP contribution is 2.19. The van der Waals surface area contributed by atoms with E-state index in [2.05, 4.69) is 28.1 Å². The van der Waals surface area contributed by atoms with Crippen molar-refractivity contribution in [1.82, 2.24) is 14.9 Å². The lowest BCUT2D eigenvalue weighted by Crippen LogP contribution is -2.39. The van der Waals surface area contributed by atoms with Crippen LogP contribution in [-0.4, -0.2) is 33.3 Å². The molecule has 0 radical (unpaired) electrons. The van der Waals surface area contributed by atoms with Gasteiger partial charge in [0.2, 0.25) is 0 Å². The summed E-state index contributed by atoms with van der Waals surface area (Å²) < 4.78 is 0. The fourth-order valence-corrected chi connectivity index (χ4v) is 3.57. The summed E-state index contributed by atoms with van der Waals surface area (Å²) in [6.45, 7) is 3.04. The molecule has 0 atom stereocenters. The SMILES string of the molecule is O=C1CCCC(=O)N1OCc1ccc(CN2CCc3ncccc3C2)cc1. The van der Waals surface area contributed by atoms with Crippen LogP contribution < -0.4 is 0 Å². The zero-order valence-corrected chi connectivity index (χ0v) is 15.3. The van der Waals surface area contributed by atoms with Gasteiger partial charge in [0, 0.05) is 50.8 Å². The Morgan fingerprint density at radius 3 is 2.48 bits per heavy atom. The first-order valence-electron chi connectivity index (χ1n) is 9.41. The lowest BCUT2D eigenvalue weighted by Gasteiger charge is -2.28. The number of imide groups is 1. The van der Waals surface area contributed by atoms with E-state index in [4.69, 9.17) is 4.84 Å². The Balaban J connectivity index is 1.31. The summed E-state index contributed by atoms with van der Waals surface area (Å²) >= 11 is 0. The molecule has 0 bridgehead atoms. The molecule has 0 spiro atoms. The normalized spacial score (nSPS) is 17.9. The predicted octanol–water partition coefficient (Wildman–Crippen LogP) is 2.61. The van der Waals surface area contributed by atoms with Crippen LogP contribution in [0.4, 0.5) is 0 Å². The predicted molar refractivity (Wildman–Crippen MR) is 99.0 cm³/mol. The number of rotatable bonds is 5. The van der Waals surface area contributed by atoms with Gasteiger partial charge in [-0.05, 0) is 29.2 Å². The number of hydrogen-bond acceptors (Lipinski definition) is 5. The van der Waals surface area contributed by atoms with Gasteiger partial charge in [-0.25, -0.2) is 0 Å². The van der Waals surface area contributed by atoms with Crippen molar-refractivity contribution in [3.63, 3.8) is 0 Å². The molecule has 2 amide bonds. The number of hydroxylamine groups is 2. The summed E-state index contributed by atoms with van der Waals surface area (Å²) in [5, 5.41) is 0.927.